The van der Waals surface area contributed by atoms with E-state index in [4.69, 9.17) is 14.2 Å². The molecule has 0 fully saturated rings. The molecule has 2 aromatic carbocycles. The van der Waals surface area contributed by atoms with Crippen LogP contribution in [0.2, 0.25) is 0 Å². The molecule has 9 heteroatoms. The first-order chi connectivity index (χ1) is 16.8. The molecule has 0 radical (unpaired) electrons. The van der Waals surface area contributed by atoms with Gasteiger partial charge in [0.2, 0.25) is 0 Å². The van der Waals surface area contributed by atoms with Crippen molar-refractivity contribution in [3.05, 3.63) is 90.6 Å². The second-order valence-electron chi connectivity index (χ2n) is 7.74. The average molecular weight is 493 g/mol. The first-order valence-corrected chi connectivity index (χ1v) is 11.8. The molecule has 1 atom stereocenters. The van der Waals surface area contributed by atoms with Gasteiger partial charge in [-0.25, -0.2) is 9.79 Å². The smallest absolute Gasteiger partial charge is 0.338 e. The highest BCUT2D eigenvalue weighted by Gasteiger charge is 2.33. The molecule has 0 saturated carbocycles. The Labute approximate surface area is 205 Å². The van der Waals surface area contributed by atoms with Gasteiger partial charge in [-0.1, -0.05) is 35.6 Å². The third-order valence-electron chi connectivity index (χ3n) is 5.39. The second-order valence-corrected chi connectivity index (χ2v) is 8.75. The minimum absolute atomic E-state index is 0.207. The van der Waals surface area contributed by atoms with E-state index in [0.29, 0.717) is 32.1 Å². The van der Waals surface area contributed by atoms with Crippen molar-refractivity contribution in [2.75, 3.05) is 13.7 Å². The average Bonchev–Trinajstić information content (AvgIpc) is 3.13. The molecule has 1 aromatic heterocycles. The van der Waals surface area contributed by atoms with Crippen molar-refractivity contribution in [2.24, 2.45) is 4.99 Å². The summed E-state index contributed by atoms with van der Waals surface area (Å²) in [6, 6.07) is 13.4. The maximum Gasteiger partial charge on any atom is 0.338 e. The SMILES string of the molecule is CCOC(=O)C1=C(C)N=c2s/c(=C\c3ccc(OC(C)=O)cc3)c(=O)n2C1c1ccc(OC)cc1. The van der Waals surface area contributed by atoms with Gasteiger partial charge in [0.1, 0.15) is 11.5 Å². The van der Waals surface area contributed by atoms with Gasteiger partial charge in [0.15, 0.2) is 4.80 Å². The molecule has 8 nitrogen and oxygen atoms in total. The summed E-state index contributed by atoms with van der Waals surface area (Å²) in [7, 11) is 1.57. The van der Waals surface area contributed by atoms with Crippen LogP contribution in [0.5, 0.6) is 11.5 Å². The summed E-state index contributed by atoms with van der Waals surface area (Å²) in [5.41, 5.74) is 2.05. The number of esters is 2. The number of allylic oxidation sites excluding steroid dienone is 1. The summed E-state index contributed by atoms with van der Waals surface area (Å²) in [6.07, 6.45) is 1.75. The number of rotatable bonds is 6. The molecule has 0 bridgehead atoms. The summed E-state index contributed by atoms with van der Waals surface area (Å²) in [6.45, 7) is 5.02. The molecule has 35 heavy (non-hydrogen) atoms. The lowest BCUT2D eigenvalue weighted by atomic mass is 9.96. The molecule has 180 valence electrons. The van der Waals surface area contributed by atoms with Gasteiger partial charge in [-0.15, -0.1) is 0 Å². The molecule has 2 heterocycles. The molecule has 3 aromatic rings. The molecular formula is C26H24N2O6S. The van der Waals surface area contributed by atoms with E-state index in [1.165, 1.54) is 22.8 Å². The van der Waals surface area contributed by atoms with Crippen LogP contribution in [0.3, 0.4) is 0 Å². The zero-order valence-electron chi connectivity index (χ0n) is 19.7. The van der Waals surface area contributed by atoms with Crippen molar-refractivity contribution in [1.29, 1.82) is 0 Å². The van der Waals surface area contributed by atoms with E-state index in [-0.39, 0.29) is 12.2 Å². The van der Waals surface area contributed by atoms with Gasteiger partial charge >= 0.3 is 11.9 Å². The minimum Gasteiger partial charge on any atom is -0.497 e. The Bertz CT molecular complexity index is 1480. The first-order valence-electron chi connectivity index (χ1n) is 10.9. The van der Waals surface area contributed by atoms with E-state index in [2.05, 4.69) is 4.99 Å². The molecule has 0 N–H and O–H groups in total. The van der Waals surface area contributed by atoms with Crippen LogP contribution in [0.1, 0.15) is 37.9 Å². The molecule has 1 aliphatic heterocycles. The van der Waals surface area contributed by atoms with Crippen LogP contribution < -0.4 is 24.4 Å². The van der Waals surface area contributed by atoms with E-state index in [1.54, 1.807) is 63.4 Å². The van der Waals surface area contributed by atoms with Crippen LogP contribution in [-0.2, 0) is 14.3 Å². The van der Waals surface area contributed by atoms with Gasteiger partial charge in [0, 0.05) is 6.92 Å². The summed E-state index contributed by atoms with van der Waals surface area (Å²) in [5.74, 6) is 0.171. The lowest BCUT2D eigenvalue weighted by molar-refractivity contribution is -0.139. The van der Waals surface area contributed by atoms with E-state index < -0.39 is 18.0 Å². The number of hydrogen-bond donors (Lipinski definition) is 0. The predicted molar refractivity (Wildman–Crippen MR) is 131 cm³/mol. The molecular weight excluding hydrogens is 468 g/mol. The Kier molecular flexibility index (Phi) is 6.97. The van der Waals surface area contributed by atoms with Crippen molar-refractivity contribution < 1.29 is 23.8 Å². The van der Waals surface area contributed by atoms with Gasteiger partial charge in [0.25, 0.3) is 5.56 Å². The van der Waals surface area contributed by atoms with Crippen LogP contribution in [0.25, 0.3) is 6.08 Å². The number of benzene rings is 2. The van der Waals surface area contributed by atoms with Crippen molar-refractivity contribution in [2.45, 2.75) is 26.8 Å². The Morgan fingerprint density at radius 3 is 2.34 bits per heavy atom. The number of ether oxygens (including phenoxy) is 3. The molecule has 0 amide bonds. The van der Waals surface area contributed by atoms with Crippen molar-refractivity contribution in [3.63, 3.8) is 0 Å². The zero-order chi connectivity index (χ0) is 25.1. The highest BCUT2D eigenvalue weighted by Crippen LogP contribution is 2.31. The lowest BCUT2D eigenvalue weighted by Gasteiger charge is -2.24. The van der Waals surface area contributed by atoms with Crippen LogP contribution in [0, 0.1) is 0 Å². The van der Waals surface area contributed by atoms with E-state index >= 15 is 0 Å². The normalized spacial score (nSPS) is 15.3. The molecule has 0 aliphatic carbocycles. The molecule has 4 rings (SSSR count). The number of thiazole rings is 1. The van der Waals surface area contributed by atoms with E-state index in [1.807, 2.05) is 12.1 Å². The van der Waals surface area contributed by atoms with Gasteiger partial charge in [0.05, 0.1) is 35.6 Å². The van der Waals surface area contributed by atoms with E-state index in [9.17, 15) is 14.4 Å². The van der Waals surface area contributed by atoms with E-state index in [0.717, 1.165) is 11.1 Å². The summed E-state index contributed by atoms with van der Waals surface area (Å²) in [5, 5.41) is 0. The number of carbonyl (C=O) groups excluding carboxylic acids is 2. The lowest BCUT2D eigenvalue weighted by Crippen LogP contribution is -2.39. The van der Waals surface area contributed by atoms with Crippen molar-refractivity contribution in [1.82, 2.24) is 4.57 Å². The number of nitrogens with zero attached hydrogens (tertiary/aromatic N) is 2. The third-order valence-corrected chi connectivity index (χ3v) is 6.37. The summed E-state index contributed by atoms with van der Waals surface area (Å²) in [4.78, 5) is 42.7. The van der Waals surface area contributed by atoms with Gasteiger partial charge in [-0.2, -0.15) is 0 Å². The fourth-order valence-electron chi connectivity index (χ4n) is 3.84. The first kappa shape index (κ1) is 24.2. The second kappa shape index (κ2) is 10.1. The maximum absolute atomic E-state index is 13.6. The Hall–Kier alpha value is -3.98. The minimum atomic E-state index is -0.690. The van der Waals surface area contributed by atoms with Crippen molar-refractivity contribution >= 4 is 29.4 Å². The quantitative estimate of drug-likeness (QED) is 0.388. The fourth-order valence-corrected chi connectivity index (χ4v) is 4.89. The Balaban J connectivity index is 1.85. The van der Waals surface area contributed by atoms with Crippen LogP contribution >= 0.6 is 11.3 Å². The summed E-state index contributed by atoms with van der Waals surface area (Å²) >= 11 is 1.24. The third kappa shape index (κ3) is 4.95. The number of hydrogen-bond acceptors (Lipinski definition) is 8. The number of fused-ring (bicyclic) bond motifs is 1. The topological polar surface area (TPSA) is 96.2 Å². The van der Waals surface area contributed by atoms with Gasteiger partial charge < -0.3 is 14.2 Å². The molecule has 0 spiro atoms. The largest absolute Gasteiger partial charge is 0.497 e. The standard InChI is InChI=1S/C26H24N2O6S/c1-5-33-25(31)22-15(2)27-26-28(23(22)18-8-12-19(32-4)13-9-18)24(30)21(35-26)14-17-6-10-20(11-7-17)34-16(3)29/h6-14,23H,5H2,1-4H3/b21-14-. The summed E-state index contributed by atoms with van der Waals surface area (Å²) < 4.78 is 17.6. The Morgan fingerprint density at radius 2 is 1.74 bits per heavy atom. The number of aromatic nitrogens is 1. The van der Waals surface area contributed by atoms with Crippen LogP contribution in [0.15, 0.2) is 69.6 Å². The maximum atomic E-state index is 13.6. The predicted octanol–water partition coefficient (Wildman–Crippen LogP) is 2.73. The monoisotopic (exact) mass is 492 g/mol. The highest BCUT2D eigenvalue weighted by atomic mass is 32.1. The highest BCUT2D eigenvalue weighted by molar-refractivity contribution is 7.07. The van der Waals surface area contributed by atoms with Crippen LogP contribution in [-0.4, -0.2) is 30.2 Å². The molecule has 1 aliphatic rings. The number of carbonyl (C=O) groups is 2. The number of methoxy groups -OCH3 is 1. The zero-order valence-corrected chi connectivity index (χ0v) is 20.5. The fraction of sp³-hybridized carbons (Fsp3) is 0.231. The van der Waals surface area contributed by atoms with Crippen molar-refractivity contribution in [3.8, 4) is 11.5 Å². The van der Waals surface area contributed by atoms with Gasteiger partial charge in [-0.3, -0.25) is 14.2 Å². The molecule has 0 saturated heterocycles. The molecule has 1 unspecified atom stereocenters. The van der Waals surface area contributed by atoms with Crippen LogP contribution in [0.4, 0.5) is 0 Å². The van der Waals surface area contributed by atoms with Gasteiger partial charge in [-0.05, 0) is 55.3 Å². The Morgan fingerprint density at radius 1 is 1.09 bits per heavy atom.